The van der Waals surface area contributed by atoms with Gasteiger partial charge >= 0.3 is 5.97 Å². The first-order chi connectivity index (χ1) is 13.1. The first-order valence-corrected chi connectivity index (χ1v) is 11.5. The van der Waals surface area contributed by atoms with Crippen LogP contribution in [0.4, 0.5) is 0 Å². The van der Waals surface area contributed by atoms with Crippen molar-refractivity contribution in [1.29, 1.82) is 0 Å². The highest BCUT2D eigenvalue weighted by Crippen LogP contribution is 2.35. The van der Waals surface area contributed by atoms with Gasteiger partial charge in [0.25, 0.3) is 0 Å². The van der Waals surface area contributed by atoms with E-state index in [4.69, 9.17) is 13.0 Å². The zero-order chi connectivity index (χ0) is 19.4. The Hall–Kier alpha value is -1.33. The maximum atomic E-state index is 10.7. The van der Waals surface area contributed by atoms with E-state index in [0.29, 0.717) is 6.42 Å². The van der Waals surface area contributed by atoms with E-state index in [1.807, 2.05) is 23.9 Å². The Balaban J connectivity index is 1.82. The zero-order valence-corrected chi connectivity index (χ0v) is 17.3. The molecule has 1 unspecified atom stereocenters. The second kappa shape index (κ2) is 12.2. The van der Waals surface area contributed by atoms with Gasteiger partial charge in [0.2, 0.25) is 0 Å². The fourth-order valence-corrected chi connectivity index (χ4v) is 5.17. The van der Waals surface area contributed by atoms with Crippen LogP contribution in [0, 0.1) is 0 Å². The average molecular weight is 398 g/mol. The molecule has 2 nitrogen and oxygen atoms in total. The minimum absolute atomic E-state index is 0.224. The van der Waals surface area contributed by atoms with Crippen molar-refractivity contribution >= 4 is 37.3 Å². The van der Waals surface area contributed by atoms with Gasteiger partial charge in [0.15, 0.2) is 0 Å². The van der Waals surface area contributed by atoms with Crippen molar-refractivity contribution in [3.05, 3.63) is 71.8 Å². The summed E-state index contributed by atoms with van der Waals surface area (Å²) in [7, 11) is 6.74. The van der Waals surface area contributed by atoms with E-state index in [1.165, 1.54) is 11.1 Å². The number of rotatable bonds is 13. The van der Waals surface area contributed by atoms with Gasteiger partial charge in [-0.15, -0.1) is 0 Å². The van der Waals surface area contributed by atoms with Crippen molar-refractivity contribution in [3.63, 3.8) is 0 Å². The Kier molecular flexibility index (Phi) is 9.92. The number of carboxylic acid groups (broad SMARTS) is 1. The second-order valence-electron chi connectivity index (χ2n) is 6.73. The lowest BCUT2D eigenvalue weighted by molar-refractivity contribution is -0.137. The molecule has 2 aromatic rings. The summed E-state index contributed by atoms with van der Waals surface area (Å²) in [5.74, 6) is 2.17. The van der Waals surface area contributed by atoms with Crippen LogP contribution in [0.2, 0.25) is 0 Å². The standard InChI is InChI=1S/C22H27BO2S2/c23-22(14-8-7-13-21(24)25,27-18-20-11-5-2-6-12-20)15-16-26-17-19-9-3-1-4-10-19/h1-6,9-12H,7-8,13-18H2,(H,24,25). The van der Waals surface area contributed by atoms with Gasteiger partial charge in [-0.1, -0.05) is 67.1 Å². The molecule has 0 aliphatic heterocycles. The Morgan fingerprint density at radius 2 is 1.48 bits per heavy atom. The summed E-state index contributed by atoms with van der Waals surface area (Å²) in [6.07, 6.45) is 3.55. The average Bonchev–Trinajstić information content (AvgIpc) is 2.69. The van der Waals surface area contributed by atoms with Gasteiger partial charge in [-0.3, -0.25) is 4.79 Å². The molecule has 0 spiro atoms. The molecule has 2 rings (SSSR count). The maximum absolute atomic E-state index is 10.7. The molecule has 142 valence electrons. The van der Waals surface area contributed by atoms with Crippen molar-refractivity contribution < 1.29 is 9.90 Å². The molecular weight excluding hydrogens is 371 g/mol. The van der Waals surface area contributed by atoms with Crippen LogP contribution in [0.5, 0.6) is 0 Å². The van der Waals surface area contributed by atoms with Crippen LogP contribution in [0.1, 0.15) is 43.2 Å². The van der Waals surface area contributed by atoms with Gasteiger partial charge in [-0.2, -0.15) is 23.5 Å². The van der Waals surface area contributed by atoms with Crippen LogP contribution < -0.4 is 0 Å². The molecule has 0 bridgehead atoms. The lowest BCUT2D eigenvalue weighted by Gasteiger charge is -2.30. The predicted octanol–water partition coefficient (Wildman–Crippen LogP) is 5.75. The second-order valence-corrected chi connectivity index (χ2v) is 9.22. The van der Waals surface area contributed by atoms with E-state index in [9.17, 15) is 4.79 Å². The van der Waals surface area contributed by atoms with Crippen LogP contribution in [-0.4, -0.2) is 29.3 Å². The Morgan fingerprint density at radius 3 is 2.07 bits per heavy atom. The summed E-state index contributed by atoms with van der Waals surface area (Å²) < 4.78 is -0.308. The normalized spacial score (nSPS) is 13.2. The first-order valence-electron chi connectivity index (χ1n) is 9.38. The minimum Gasteiger partial charge on any atom is -0.481 e. The summed E-state index contributed by atoms with van der Waals surface area (Å²) in [4.78, 5) is 10.7. The Morgan fingerprint density at radius 1 is 0.889 bits per heavy atom. The Labute approximate surface area is 172 Å². The molecule has 1 atom stereocenters. The largest absolute Gasteiger partial charge is 0.481 e. The smallest absolute Gasteiger partial charge is 0.303 e. The molecule has 0 aliphatic rings. The number of aliphatic carboxylic acids is 1. The number of hydrogen-bond donors (Lipinski definition) is 1. The van der Waals surface area contributed by atoms with Crippen molar-refractivity contribution in [2.45, 2.75) is 48.3 Å². The molecule has 5 heteroatoms. The summed E-state index contributed by atoms with van der Waals surface area (Å²) in [5.41, 5.74) is 2.61. The van der Waals surface area contributed by atoms with E-state index in [1.54, 1.807) is 11.8 Å². The third-order valence-electron chi connectivity index (χ3n) is 4.39. The molecular formula is C22H27BO2S2. The summed E-state index contributed by atoms with van der Waals surface area (Å²) >= 11 is 3.71. The molecule has 0 aliphatic carbocycles. The number of thioether (sulfide) groups is 2. The minimum atomic E-state index is -0.729. The van der Waals surface area contributed by atoms with Crippen LogP contribution in [0.25, 0.3) is 0 Å². The summed E-state index contributed by atoms with van der Waals surface area (Å²) in [6, 6.07) is 20.9. The van der Waals surface area contributed by atoms with Gasteiger partial charge in [0.05, 0.1) is 7.85 Å². The van der Waals surface area contributed by atoms with Crippen molar-refractivity contribution in [1.82, 2.24) is 0 Å². The maximum Gasteiger partial charge on any atom is 0.303 e. The van der Waals surface area contributed by atoms with Gasteiger partial charge in [0.1, 0.15) is 0 Å². The molecule has 0 amide bonds. The first kappa shape index (κ1) is 22.0. The molecule has 2 aromatic carbocycles. The predicted molar refractivity (Wildman–Crippen MR) is 120 cm³/mol. The third kappa shape index (κ3) is 9.43. The number of benzene rings is 2. The van der Waals surface area contributed by atoms with E-state index < -0.39 is 5.97 Å². The van der Waals surface area contributed by atoms with Crippen molar-refractivity contribution in [2.24, 2.45) is 0 Å². The van der Waals surface area contributed by atoms with Crippen LogP contribution in [0.15, 0.2) is 60.7 Å². The number of carboxylic acids is 1. The van der Waals surface area contributed by atoms with Crippen LogP contribution in [0.3, 0.4) is 0 Å². The van der Waals surface area contributed by atoms with Gasteiger partial charge in [0, 0.05) is 17.9 Å². The summed E-state index contributed by atoms with van der Waals surface area (Å²) in [6.45, 7) is 0. The highest BCUT2D eigenvalue weighted by molar-refractivity contribution is 8.01. The SMILES string of the molecule is [B]C(CCCCC(=O)O)(CCSCc1ccccc1)SCc1ccccc1. The number of hydrogen-bond acceptors (Lipinski definition) is 3. The van der Waals surface area contributed by atoms with Crippen LogP contribution in [-0.2, 0) is 16.3 Å². The highest BCUT2D eigenvalue weighted by Gasteiger charge is 2.23. The van der Waals surface area contributed by atoms with Gasteiger partial charge in [-0.25, -0.2) is 0 Å². The van der Waals surface area contributed by atoms with E-state index >= 15 is 0 Å². The Bertz CT molecular complexity index is 667. The molecule has 0 fully saturated rings. The number of unbranched alkanes of at least 4 members (excludes halogenated alkanes) is 1. The molecule has 0 aromatic heterocycles. The highest BCUT2D eigenvalue weighted by atomic mass is 32.2. The third-order valence-corrected chi connectivity index (χ3v) is 6.88. The molecule has 1 N–H and O–H groups in total. The fourth-order valence-electron chi connectivity index (χ4n) is 2.78. The zero-order valence-electron chi connectivity index (χ0n) is 15.7. The van der Waals surface area contributed by atoms with Crippen molar-refractivity contribution in [2.75, 3.05) is 5.75 Å². The molecule has 0 saturated carbocycles. The topological polar surface area (TPSA) is 37.3 Å². The monoisotopic (exact) mass is 398 g/mol. The molecule has 2 radical (unpaired) electrons. The van der Waals surface area contributed by atoms with Gasteiger partial charge in [-0.05, 0) is 40.8 Å². The molecule has 27 heavy (non-hydrogen) atoms. The lowest BCUT2D eigenvalue weighted by Crippen LogP contribution is -2.26. The number of carbonyl (C=O) groups is 1. The van der Waals surface area contributed by atoms with Gasteiger partial charge < -0.3 is 5.11 Å². The fraction of sp³-hybridized carbons (Fsp3) is 0.409. The van der Waals surface area contributed by atoms with E-state index in [-0.39, 0.29) is 11.1 Å². The van der Waals surface area contributed by atoms with Crippen molar-refractivity contribution in [3.8, 4) is 0 Å². The quantitative estimate of drug-likeness (QED) is 0.344. The molecule has 0 saturated heterocycles. The summed E-state index contributed by atoms with van der Waals surface area (Å²) in [5, 5.41) is 8.84. The van der Waals surface area contributed by atoms with E-state index in [0.717, 1.165) is 36.5 Å². The van der Waals surface area contributed by atoms with Crippen LogP contribution >= 0.6 is 23.5 Å². The molecule has 0 heterocycles. The van der Waals surface area contributed by atoms with E-state index in [2.05, 4.69) is 48.5 Å². The lowest BCUT2D eigenvalue weighted by atomic mass is 9.79.